The minimum absolute atomic E-state index is 0.921. The fraction of sp³-hybridized carbons (Fsp3) is 0. The molecule has 0 unspecified atom stereocenters. The lowest BCUT2D eigenvalue weighted by atomic mass is 9.85. The number of furan rings is 1. The van der Waals surface area contributed by atoms with Crippen molar-refractivity contribution >= 4 is 75.0 Å². The molecule has 0 spiro atoms. The maximum atomic E-state index is 6.85. The SMILES string of the molecule is c1ccc(-c2cccc(-c3c4ccccc4c(-c4cc5sc6ccccc6c5c5c4oc4ccccc45)c4ccccc34)c2)cc1. The summed E-state index contributed by atoms with van der Waals surface area (Å²) in [6, 6.07) is 57.0. The molecule has 0 aliphatic carbocycles. The van der Waals surface area contributed by atoms with Crippen molar-refractivity contribution in [2.45, 2.75) is 0 Å². The maximum Gasteiger partial charge on any atom is 0.144 e. The number of hydrogen-bond donors (Lipinski definition) is 0. The molecular formula is C44H26OS. The van der Waals surface area contributed by atoms with Gasteiger partial charge in [0, 0.05) is 42.1 Å². The van der Waals surface area contributed by atoms with Crippen molar-refractivity contribution in [1.82, 2.24) is 0 Å². The van der Waals surface area contributed by atoms with Crippen LogP contribution < -0.4 is 0 Å². The van der Waals surface area contributed by atoms with Crippen LogP contribution in [0.25, 0.3) is 97.0 Å². The smallest absolute Gasteiger partial charge is 0.144 e. The molecule has 2 heteroatoms. The molecule has 46 heavy (non-hydrogen) atoms. The molecule has 0 saturated carbocycles. The predicted octanol–water partition coefficient (Wildman–Crippen LogP) is 13.3. The standard InChI is InChI=1S/C44H26OS/c1-2-13-27(14-3-1)28-15-12-16-29(25-28)40-30-17-4-6-19-32(30)41(33-20-7-5-18-31(33)40)36-26-39-42(35-22-9-11-24-38(35)46-39)43-34-21-8-10-23-37(34)45-44(36)43/h1-26H. The largest absolute Gasteiger partial charge is 0.455 e. The van der Waals surface area contributed by atoms with Crippen molar-refractivity contribution in [3.8, 4) is 33.4 Å². The van der Waals surface area contributed by atoms with Crippen LogP contribution in [-0.4, -0.2) is 0 Å². The Balaban J connectivity index is 1.36. The Morgan fingerprint density at radius 3 is 1.67 bits per heavy atom. The summed E-state index contributed by atoms with van der Waals surface area (Å²) in [6.07, 6.45) is 0. The van der Waals surface area contributed by atoms with E-state index in [4.69, 9.17) is 4.42 Å². The van der Waals surface area contributed by atoms with E-state index in [1.54, 1.807) is 0 Å². The molecule has 1 nitrogen and oxygen atoms in total. The van der Waals surface area contributed by atoms with E-state index in [9.17, 15) is 0 Å². The van der Waals surface area contributed by atoms with Crippen LogP contribution in [0.3, 0.4) is 0 Å². The van der Waals surface area contributed by atoms with Gasteiger partial charge in [0.05, 0.1) is 0 Å². The van der Waals surface area contributed by atoms with Gasteiger partial charge in [-0.3, -0.25) is 0 Å². The molecule has 10 aromatic rings. The van der Waals surface area contributed by atoms with Crippen LogP contribution in [0, 0.1) is 0 Å². The summed E-state index contributed by atoms with van der Waals surface area (Å²) in [5.74, 6) is 0. The second-order valence-corrected chi connectivity index (χ2v) is 13.1. The van der Waals surface area contributed by atoms with Gasteiger partial charge in [0.15, 0.2) is 0 Å². The first-order valence-electron chi connectivity index (χ1n) is 15.7. The van der Waals surface area contributed by atoms with Gasteiger partial charge in [0.1, 0.15) is 11.2 Å². The summed E-state index contributed by atoms with van der Waals surface area (Å²) in [6.45, 7) is 0. The molecule has 0 aliphatic heterocycles. The van der Waals surface area contributed by atoms with E-state index in [-0.39, 0.29) is 0 Å². The quantitative estimate of drug-likeness (QED) is 0.183. The highest BCUT2D eigenvalue weighted by atomic mass is 32.1. The van der Waals surface area contributed by atoms with E-state index < -0.39 is 0 Å². The molecule has 0 N–H and O–H groups in total. The van der Waals surface area contributed by atoms with Gasteiger partial charge in [0.2, 0.25) is 0 Å². The third-order valence-corrected chi connectivity index (χ3v) is 10.6. The molecule has 2 heterocycles. The number of para-hydroxylation sites is 1. The molecule has 0 atom stereocenters. The lowest BCUT2D eigenvalue weighted by molar-refractivity contribution is 0.670. The Hall–Kier alpha value is -5.70. The summed E-state index contributed by atoms with van der Waals surface area (Å²) in [7, 11) is 0. The molecule has 0 amide bonds. The molecule has 0 bridgehead atoms. The minimum atomic E-state index is 0.921. The average molecular weight is 603 g/mol. The van der Waals surface area contributed by atoms with Gasteiger partial charge in [-0.25, -0.2) is 0 Å². The molecule has 0 fully saturated rings. The number of thiophene rings is 1. The Bertz CT molecular complexity index is 2740. The first-order valence-corrected chi connectivity index (χ1v) is 16.5. The fourth-order valence-electron chi connectivity index (χ4n) is 7.50. The van der Waals surface area contributed by atoms with Crippen LogP contribution in [0.4, 0.5) is 0 Å². The summed E-state index contributed by atoms with van der Waals surface area (Å²) < 4.78 is 9.42. The van der Waals surface area contributed by atoms with Crippen LogP contribution in [0.2, 0.25) is 0 Å². The van der Waals surface area contributed by atoms with Gasteiger partial charge < -0.3 is 4.42 Å². The molecule has 2 aromatic heterocycles. The van der Waals surface area contributed by atoms with Crippen molar-refractivity contribution in [1.29, 1.82) is 0 Å². The molecule has 10 rings (SSSR count). The van der Waals surface area contributed by atoms with Crippen molar-refractivity contribution in [2.75, 3.05) is 0 Å². The van der Waals surface area contributed by atoms with E-state index in [0.717, 1.165) is 22.1 Å². The molecule has 0 radical (unpaired) electrons. The minimum Gasteiger partial charge on any atom is -0.455 e. The summed E-state index contributed by atoms with van der Waals surface area (Å²) in [4.78, 5) is 0. The van der Waals surface area contributed by atoms with Gasteiger partial charge >= 0.3 is 0 Å². The lowest BCUT2D eigenvalue weighted by Crippen LogP contribution is -1.91. The summed E-state index contributed by atoms with van der Waals surface area (Å²) >= 11 is 1.87. The normalized spacial score (nSPS) is 11.9. The van der Waals surface area contributed by atoms with Gasteiger partial charge in [-0.1, -0.05) is 133 Å². The third kappa shape index (κ3) is 3.68. The second-order valence-electron chi connectivity index (χ2n) is 12.0. The molecule has 8 aromatic carbocycles. The Labute approximate surface area is 269 Å². The number of fused-ring (bicyclic) bond motifs is 9. The van der Waals surface area contributed by atoms with Crippen LogP contribution in [0.15, 0.2) is 162 Å². The molecule has 0 saturated heterocycles. The zero-order valence-electron chi connectivity index (χ0n) is 24.8. The van der Waals surface area contributed by atoms with Crippen LogP contribution in [-0.2, 0) is 0 Å². The van der Waals surface area contributed by atoms with Gasteiger partial charge in [-0.15, -0.1) is 11.3 Å². The summed E-state index contributed by atoms with van der Waals surface area (Å²) in [5.41, 5.74) is 9.15. The number of rotatable bonds is 3. The van der Waals surface area contributed by atoms with Gasteiger partial charge in [0.25, 0.3) is 0 Å². The molecule has 214 valence electrons. The van der Waals surface area contributed by atoms with Crippen LogP contribution in [0.1, 0.15) is 0 Å². The predicted molar refractivity (Wildman–Crippen MR) is 198 cm³/mol. The zero-order valence-corrected chi connectivity index (χ0v) is 25.6. The monoisotopic (exact) mass is 602 g/mol. The average Bonchev–Trinajstić information content (AvgIpc) is 3.69. The van der Waals surface area contributed by atoms with Crippen LogP contribution >= 0.6 is 11.3 Å². The second kappa shape index (κ2) is 9.90. The van der Waals surface area contributed by atoms with Gasteiger partial charge in [-0.05, 0) is 68.1 Å². The van der Waals surface area contributed by atoms with E-state index >= 15 is 0 Å². The Kier molecular flexibility index (Phi) is 5.51. The summed E-state index contributed by atoms with van der Waals surface area (Å²) in [5, 5.41) is 9.86. The first kappa shape index (κ1) is 25.6. The van der Waals surface area contributed by atoms with Crippen molar-refractivity contribution in [3.05, 3.63) is 158 Å². The van der Waals surface area contributed by atoms with E-state index in [1.165, 1.54) is 74.9 Å². The highest BCUT2D eigenvalue weighted by Gasteiger charge is 2.23. The lowest BCUT2D eigenvalue weighted by Gasteiger charge is -2.18. The van der Waals surface area contributed by atoms with E-state index in [2.05, 4.69) is 158 Å². The first-order chi connectivity index (χ1) is 22.8. The maximum absolute atomic E-state index is 6.85. The fourth-order valence-corrected chi connectivity index (χ4v) is 8.66. The Morgan fingerprint density at radius 2 is 0.935 bits per heavy atom. The molecular weight excluding hydrogens is 577 g/mol. The number of hydrogen-bond acceptors (Lipinski definition) is 2. The number of benzene rings is 8. The topological polar surface area (TPSA) is 13.1 Å². The Morgan fingerprint density at radius 1 is 0.370 bits per heavy atom. The molecule has 0 aliphatic rings. The van der Waals surface area contributed by atoms with Crippen LogP contribution in [0.5, 0.6) is 0 Å². The highest BCUT2D eigenvalue weighted by molar-refractivity contribution is 7.26. The zero-order chi connectivity index (χ0) is 30.2. The van der Waals surface area contributed by atoms with Crippen molar-refractivity contribution in [3.63, 3.8) is 0 Å². The van der Waals surface area contributed by atoms with E-state index in [1.807, 2.05) is 11.3 Å². The van der Waals surface area contributed by atoms with E-state index in [0.29, 0.717) is 0 Å². The third-order valence-electron chi connectivity index (χ3n) is 9.45. The highest BCUT2D eigenvalue weighted by Crippen LogP contribution is 2.50. The van der Waals surface area contributed by atoms with Crippen molar-refractivity contribution in [2.24, 2.45) is 0 Å². The van der Waals surface area contributed by atoms with Crippen molar-refractivity contribution < 1.29 is 4.42 Å². The van der Waals surface area contributed by atoms with Gasteiger partial charge in [-0.2, -0.15) is 0 Å².